The minimum Gasteiger partial charge on any atom is -0.450 e. The van der Waals surface area contributed by atoms with Crippen LogP contribution in [-0.2, 0) is 4.74 Å². The van der Waals surface area contributed by atoms with Gasteiger partial charge in [0.25, 0.3) is 11.4 Å². The van der Waals surface area contributed by atoms with E-state index < -0.39 is 33.5 Å². The van der Waals surface area contributed by atoms with Gasteiger partial charge in [0, 0.05) is 12.0 Å². The maximum absolute atomic E-state index is 11.2. The highest BCUT2D eigenvalue weighted by Gasteiger charge is 2.33. The molecule has 0 fully saturated rings. The van der Waals surface area contributed by atoms with Crippen LogP contribution in [0.3, 0.4) is 0 Å². The first-order valence-electron chi connectivity index (χ1n) is 7.01. The van der Waals surface area contributed by atoms with Crippen molar-refractivity contribution in [1.82, 2.24) is 0 Å². The first-order chi connectivity index (χ1) is 10.7. The number of ether oxygens (including phenoxy) is 1. The molecule has 0 heterocycles. The maximum Gasteiger partial charge on any atom is 0.506 e. The molecule has 3 unspecified atom stereocenters. The molecule has 1 aromatic carbocycles. The van der Waals surface area contributed by atoms with Gasteiger partial charge in [0.05, 0.1) is 21.5 Å². The molecular weight excluding hydrogens is 308 g/mol. The molecule has 0 aliphatic carbocycles. The quantitative estimate of drug-likeness (QED) is 0.456. The Balaban J connectivity index is 3.42. The summed E-state index contributed by atoms with van der Waals surface area (Å²) in [4.78, 5) is 31.4. The van der Waals surface area contributed by atoms with Crippen molar-refractivity contribution in [2.24, 2.45) is 11.8 Å². The summed E-state index contributed by atoms with van der Waals surface area (Å²) in [5, 5.41) is 30.9. The molecule has 0 saturated heterocycles. The molecule has 0 saturated carbocycles. The van der Waals surface area contributed by atoms with Crippen molar-refractivity contribution in [1.29, 1.82) is 0 Å². The highest BCUT2D eigenvalue weighted by Crippen LogP contribution is 2.38. The van der Waals surface area contributed by atoms with E-state index in [2.05, 4.69) is 0 Å². The minimum atomic E-state index is -1.56. The summed E-state index contributed by atoms with van der Waals surface area (Å²) in [5.74, 6) is -0.301. The van der Waals surface area contributed by atoms with E-state index in [1.165, 1.54) is 6.07 Å². The van der Waals surface area contributed by atoms with Gasteiger partial charge < -0.3 is 9.84 Å². The van der Waals surface area contributed by atoms with E-state index in [-0.39, 0.29) is 17.4 Å². The van der Waals surface area contributed by atoms with Crippen LogP contribution in [0.4, 0.5) is 16.2 Å². The summed E-state index contributed by atoms with van der Waals surface area (Å²) in [6.07, 6.45) is -1.91. The smallest absolute Gasteiger partial charge is 0.450 e. The van der Waals surface area contributed by atoms with Crippen molar-refractivity contribution in [2.75, 3.05) is 0 Å². The number of non-ortho nitro benzene ring substituents is 1. The average Bonchev–Trinajstić information content (AvgIpc) is 2.50. The van der Waals surface area contributed by atoms with Crippen molar-refractivity contribution >= 4 is 17.5 Å². The van der Waals surface area contributed by atoms with E-state index in [0.717, 1.165) is 18.6 Å². The molecule has 1 N–H and O–H groups in total. The van der Waals surface area contributed by atoms with Crippen LogP contribution < -0.4 is 0 Å². The van der Waals surface area contributed by atoms with Gasteiger partial charge in [-0.15, -0.1) is 0 Å². The predicted molar refractivity (Wildman–Crippen MR) is 80.2 cm³/mol. The number of hydrogen-bond acceptors (Lipinski definition) is 6. The van der Waals surface area contributed by atoms with Crippen LogP contribution in [0.2, 0.25) is 0 Å². The number of nitrogens with zero attached hydrogens (tertiary/aromatic N) is 2. The summed E-state index contributed by atoms with van der Waals surface area (Å²) in [7, 11) is 0. The first-order valence-corrected chi connectivity index (χ1v) is 7.01. The third-order valence-electron chi connectivity index (χ3n) is 3.97. The average molecular weight is 326 g/mol. The monoisotopic (exact) mass is 326 g/mol. The molecular formula is C14H18N2O7. The Morgan fingerprint density at radius 3 is 2.30 bits per heavy atom. The second-order valence-corrected chi connectivity index (χ2v) is 5.31. The fraction of sp³-hybridized carbons (Fsp3) is 0.500. The zero-order chi connectivity index (χ0) is 17.7. The Labute approximate surface area is 132 Å². The number of rotatable bonds is 7. The van der Waals surface area contributed by atoms with E-state index in [1.54, 1.807) is 6.92 Å². The number of benzene rings is 1. The van der Waals surface area contributed by atoms with Crippen LogP contribution in [-0.4, -0.2) is 21.1 Å². The second kappa shape index (κ2) is 7.52. The molecule has 0 radical (unpaired) electrons. The van der Waals surface area contributed by atoms with Crippen LogP contribution in [0.25, 0.3) is 0 Å². The third kappa shape index (κ3) is 4.38. The van der Waals surface area contributed by atoms with Crippen LogP contribution >= 0.6 is 0 Å². The van der Waals surface area contributed by atoms with E-state index in [4.69, 9.17) is 9.84 Å². The predicted octanol–water partition coefficient (Wildman–Crippen LogP) is 3.92. The Morgan fingerprint density at radius 2 is 1.87 bits per heavy atom. The Kier molecular flexibility index (Phi) is 6.00. The fourth-order valence-corrected chi connectivity index (χ4v) is 2.28. The van der Waals surface area contributed by atoms with Crippen molar-refractivity contribution in [3.8, 4) is 0 Å². The van der Waals surface area contributed by atoms with E-state index in [1.807, 2.05) is 13.8 Å². The first kappa shape index (κ1) is 18.3. The highest BCUT2D eigenvalue weighted by atomic mass is 16.7. The minimum absolute atomic E-state index is 0.0100. The SMILES string of the molecule is CCC(C)C(C)C(OC(=O)O)c1ccc([N+](=O)[O-])cc1[N+](=O)[O-]. The van der Waals surface area contributed by atoms with Gasteiger partial charge in [-0.1, -0.05) is 27.2 Å². The van der Waals surface area contributed by atoms with E-state index in [9.17, 15) is 25.0 Å². The van der Waals surface area contributed by atoms with E-state index >= 15 is 0 Å². The molecule has 0 aliphatic heterocycles. The van der Waals surface area contributed by atoms with Gasteiger partial charge in [-0.3, -0.25) is 20.2 Å². The summed E-state index contributed by atoms with van der Waals surface area (Å²) in [6.45, 7) is 5.51. The van der Waals surface area contributed by atoms with Crippen molar-refractivity contribution in [3.63, 3.8) is 0 Å². The van der Waals surface area contributed by atoms with Gasteiger partial charge in [0.15, 0.2) is 0 Å². The fourth-order valence-electron chi connectivity index (χ4n) is 2.28. The molecule has 0 bridgehead atoms. The normalized spacial score (nSPS) is 14.6. The lowest BCUT2D eigenvalue weighted by molar-refractivity contribution is -0.395. The van der Waals surface area contributed by atoms with Crippen LogP contribution in [0, 0.1) is 32.1 Å². The molecule has 0 amide bonds. The summed E-state index contributed by atoms with van der Waals surface area (Å²) in [5.41, 5.74) is -0.956. The lowest BCUT2D eigenvalue weighted by Crippen LogP contribution is -2.22. The standard InChI is InChI=1S/C14H18N2O7/c1-4-8(2)9(3)13(23-14(17)18)11-6-5-10(15(19)20)7-12(11)16(21)22/h5-9,13H,4H2,1-3H3,(H,17,18). The molecule has 126 valence electrons. The van der Waals surface area contributed by atoms with Crippen molar-refractivity contribution in [3.05, 3.63) is 44.0 Å². The van der Waals surface area contributed by atoms with Gasteiger partial charge in [0.2, 0.25) is 0 Å². The lowest BCUT2D eigenvalue weighted by Gasteiger charge is -2.27. The van der Waals surface area contributed by atoms with Crippen LogP contribution in [0.5, 0.6) is 0 Å². The number of carboxylic acid groups (broad SMARTS) is 1. The molecule has 3 atom stereocenters. The van der Waals surface area contributed by atoms with Gasteiger partial charge in [-0.25, -0.2) is 4.79 Å². The van der Waals surface area contributed by atoms with Crippen molar-refractivity contribution in [2.45, 2.75) is 33.3 Å². The van der Waals surface area contributed by atoms with Crippen molar-refractivity contribution < 1.29 is 24.5 Å². The Bertz CT molecular complexity index is 617. The van der Waals surface area contributed by atoms with Gasteiger partial charge in [-0.2, -0.15) is 0 Å². The topological polar surface area (TPSA) is 133 Å². The third-order valence-corrected chi connectivity index (χ3v) is 3.97. The summed E-state index contributed by atoms with van der Waals surface area (Å²) >= 11 is 0. The van der Waals surface area contributed by atoms with Gasteiger partial charge in [-0.05, 0) is 12.0 Å². The lowest BCUT2D eigenvalue weighted by atomic mass is 9.85. The molecule has 9 heteroatoms. The molecule has 23 heavy (non-hydrogen) atoms. The number of nitro groups is 2. The second-order valence-electron chi connectivity index (χ2n) is 5.31. The summed E-state index contributed by atoms with van der Waals surface area (Å²) in [6, 6.07) is 3.10. The number of carbonyl (C=O) groups is 1. The van der Waals surface area contributed by atoms with Gasteiger partial charge in [0.1, 0.15) is 6.10 Å². The Morgan fingerprint density at radius 1 is 1.26 bits per heavy atom. The molecule has 9 nitrogen and oxygen atoms in total. The molecule has 0 aromatic heterocycles. The zero-order valence-electron chi connectivity index (χ0n) is 13.0. The summed E-state index contributed by atoms with van der Waals surface area (Å²) < 4.78 is 4.85. The van der Waals surface area contributed by atoms with Crippen LogP contribution in [0.1, 0.15) is 38.9 Å². The Hall–Kier alpha value is -2.71. The largest absolute Gasteiger partial charge is 0.506 e. The maximum atomic E-state index is 11.2. The van der Waals surface area contributed by atoms with Crippen LogP contribution in [0.15, 0.2) is 18.2 Å². The van der Waals surface area contributed by atoms with E-state index in [0.29, 0.717) is 0 Å². The van der Waals surface area contributed by atoms with Gasteiger partial charge >= 0.3 is 6.16 Å². The number of hydrogen-bond donors (Lipinski definition) is 1. The number of nitro benzene ring substituents is 2. The molecule has 0 aliphatic rings. The molecule has 0 spiro atoms. The highest BCUT2D eigenvalue weighted by molar-refractivity contribution is 5.58. The molecule has 1 rings (SSSR count). The zero-order valence-corrected chi connectivity index (χ0v) is 13.0. The molecule has 1 aromatic rings.